The van der Waals surface area contributed by atoms with Gasteiger partial charge in [-0.1, -0.05) is 29.5 Å². The minimum Gasteiger partial charge on any atom is -0.369 e. The van der Waals surface area contributed by atoms with Gasteiger partial charge in [0, 0.05) is 5.69 Å². The maximum absolute atomic E-state index is 12.2. The Morgan fingerprint density at radius 3 is 2.56 bits per heavy atom. The first-order chi connectivity index (χ1) is 11.8. The molecular formula is C16H18N6O2S. The van der Waals surface area contributed by atoms with Gasteiger partial charge in [0.1, 0.15) is 0 Å². The molecule has 2 aromatic heterocycles. The van der Waals surface area contributed by atoms with E-state index in [9.17, 15) is 9.59 Å². The number of amides is 1. The molecule has 0 saturated carbocycles. The first kappa shape index (κ1) is 17.0. The van der Waals surface area contributed by atoms with Crippen molar-refractivity contribution in [2.45, 2.75) is 25.9 Å². The van der Waals surface area contributed by atoms with Crippen molar-refractivity contribution in [3.63, 3.8) is 0 Å². The molecule has 3 rings (SSSR count). The molecule has 0 radical (unpaired) electrons. The minimum absolute atomic E-state index is 0.00335. The van der Waals surface area contributed by atoms with Crippen LogP contribution in [0.2, 0.25) is 0 Å². The highest BCUT2D eigenvalue weighted by Crippen LogP contribution is 2.23. The molecule has 0 bridgehead atoms. The Labute approximate surface area is 147 Å². The Bertz CT molecular complexity index is 1000. The number of fused-ring (bicyclic) bond motifs is 1. The fraction of sp³-hybridized carbons (Fsp3) is 0.250. The topological polar surface area (TPSA) is 130 Å². The van der Waals surface area contributed by atoms with Crippen LogP contribution in [0, 0.1) is 20.8 Å². The van der Waals surface area contributed by atoms with E-state index in [1.807, 2.05) is 32.9 Å². The Morgan fingerprint density at radius 2 is 1.88 bits per heavy atom. The van der Waals surface area contributed by atoms with Gasteiger partial charge in [0.15, 0.2) is 16.3 Å². The summed E-state index contributed by atoms with van der Waals surface area (Å²) in [7, 11) is 0. The first-order valence-electron chi connectivity index (χ1n) is 7.59. The third-order valence-corrected chi connectivity index (χ3v) is 4.51. The number of nitrogens with one attached hydrogen (secondary N) is 3. The number of carbonyl (C=O) groups excluding carboxylic acids is 1. The summed E-state index contributed by atoms with van der Waals surface area (Å²) in [6.45, 7) is 5.94. The molecule has 0 spiro atoms. The van der Waals surface area contributed by atoms with Crippen LogP contribution < -0.4 is 16.6 Å². The van der Waals surface area contributed by atoms with E-state index in [1.54, 1.807) is 0 Å². The number of aromatic amines is 2. The number of H-pyrrole nitrogens is 2. The van der Waals surface area contributed by atoms with Gasteiger partial charge in [-0.05, 0) is 31.9 Å². The highest BCUT2D eigenvalue weighted by atomic mass is 32.2. The zero-order chi connectivity index (χ0) is 18.1. The predicted molar refractivity (Wildman–Crippen MR) is 98.9 cm³/mol. The van der Waals surface area contributed by atoms with E-state index in [2.05, 4.69) is 25.3 Å². The summed E-state index contributed by atoms with van der Waals surface area (Å²) >= 11 is 1.19. The van der Waals surface area contributed by atoms with Gasteiger partial charge < -0.3 is 16.0 Å². The van der Waals surface area contributed by atoms with Crippen molar-refractivity contribution in [1.29, 1.82) is 0 Å². The smallest absolute Gasteiger partial charge is 0.278 e. The van der Waals surface area contributed by atoms with E-state index < -0.39 is 5.56 Å². The van der Waals surface area contributed by atoms with Crippen LogP contribution >= 0.6 is 11.8 Å². The van der Waals surface area contributed by atoms with Crippen molar-refractivity contribution in [2.75, 3.05) is 16.8 Å². The quantitative estimate of drug-likeness (QED) is 0.527. The van der Waals surface area contributed by atoms with Crippen molar-refractivity contribution in [3.05, 3.63) is 39.2 Å². The number of carbonyl (C=O) groups is 1. The molecule has 0 aliphatic carbocycles. The summed E-state index contributed by atoms with van der Waals surface area (Å²) in [4.78, 5) is 37.4. The molecular weight excluding hydrogens is 340 g/mol. The molecule has 0 unspecified atom stereocenters. The van der Waals surface area contributed by atoms with Gasteiger partial charge in [0.05, 0.1) is 5.75 Å². The lowest BCUT2D eigenvalue weighted by atomic mass is 10.1. The molecule has 2 heterocycles. The third kappa shape index (κ3) is 3.66. The molecule has 0 aliphatic heterocycles. The van der Waals surface area contributed by atoms with Gasteiger partial charge in [0.2, 0.25) is 11.9 Å². The summed E-state index contributed by atoms with van der Waals surface area (Å²) < 4.78 is 0. The summed E-state index contributed by atoms with van der Waals surface area (Å²) in [5, 5.41) is 3.36. The van der Waals surface area contributed by atoms with Crippen LogP contribution in [0.3, 0.4) is 0 Å². The van der Waals surface area contributed by atoms with Crippen LogP contribution in [0.4, 0.5) is 11.6 Å². The van der Waals surface area contributed by atoms with E-state index in [4.69, 9.17) is 5.73 Å². The van der Waals surface area contributed by atoms with Crippen molar-refractivity contribution >= 4 is 40.5 Å². The Hall–Kier alpha value is -2.81. The van der Waals surface area contributed by atoms with E-state index >= 15 is 0 Å². The highest BCUT2D eigenvalue weighted by molar-refractivity contribution is 7.99. The van der Waals surface area contributed by atoms with Gasteiger partial charge in [-0.15, -0.1) is 0 Å². The van der Waals surface area contributed by atoms with Crippen LogP contribution in [-0.4, -0.2) is 31.6 Å². The lowest BCUT2D eigenvalue weighted by molar-refractivity contribution is -0.113. The summed E-state index contributed by atoms with van der Waals surface area (Å²) in [5.74, 6) is 0.00506. The maximum Gasteiger partial charge on any atom is 0.278 e. The summed E-state index contributed by atoms with van der Waals surface area (Å²) in [6, 6.07) is 4.05. The van der Waals surface area contributed by atoms with E-state index in [0.29, 0.717) is 5.16 Å². The van der Waals surface area contributed by atoms with Crippen molar-refractivity contribution < 1.29 is 4.79 Å². The minimum atomic E-state index is -0.391. The molecule has 0 atom stereocenters. The van der Waals surface area contributed by atoms with Gasteiger partial charge in [-0.3, -0.25) is 14.6 Å². The predicted octanol–water partition coefficient (Wildman–Crippen LogP) is 1.88. The number of thioether (sulfide) groups is 1. The number of aryl methyl sites for hydroxylation is 3. The fourth-order valence-electron chi connectivity index (χ4n) is 2.66. The molecule has 0 fully saturated rings. The summed E-state index contributed by atoms with van der Waals surface area (Å²) in [6.07, 6.45) is 0. The highest BCUT2D eigenvalue weighted by Gasteiger charge is 2.12. The lowest BCUT2D eigenvalue weighted by Crippen LogP contribution is -2.16. The second kappa shape index (κ2) is 6.60. The Balaban J connectivity index is 1.71. The lowest BCUT2D eigenvalue weighted by Gasteiger charge is -2.12. The number of anilines is 2. The zero-order valence-corrected chi connectivity index (χ0v) is 14.9. The number of nitrogens with zero attached hydrogens (tertiary/aromatic N) is 2. The molecule has 0 saturated heterocycles. The molecule has 8 nitrogen and oxygen atoms in total. The monoisotopic (exact) mass is 358 g/mol. The Morgan fingerprint density at radius 1 is 1.20 bits per heavy atom. The first-order valence-corrected chi connectivity index (χ1v) is 8.58. The average Bonchev–Trinajstić information content (AvgIpc) is 2.92. The van der Waals surface area contributed by atoms with Gasteiger partial charge in [-0.25, -0.2) is 4.98 Å². The maximum atomic E-state index is 12.2. The molecule has 5 N–H and O–H groups in total. The van der Waals surface area contributed by atoms with Crippen molar-refractivity contribution in [1.82, 2.24) is 19.9 Å². The Kier molecular flexibility index (Phi) is 4.49. The van der Waals surface area contributed by atoms with E-state index in [-0.39, 0.29) is 28.8 Å². The van der Waals surface area contributed by atoms with Crippen LogP contribution in [0.5, 0.6) is 0 Å². The summed E-state index contributed by atoms with van der Waals surface area (Å²) in [5.41, 5.74) is 9.59. The molecule has 1 aromatic carbocycles. The van der Waals surface area contributed by atoms with Crippen LogP contribution in [0.25, 0.3) is 11.2 Å². The molecule has 1 amide bonds. The van der Waals surface area contributed by atoms with Gasteiger partial charge in [0.25, 0.3) is 5.56 Å². The van der Waals surface area contributed by atoms with E-state index in [1.165, 1.54) is 11.8 Å². The van der Waals surface area contributed by atoms with Crippen LogP contribution in [0.15, 0.2) is 22.1 Å². The average molecular weight is 358 g/mol. The standard InChI is InChI=1S/C16H18N6O2S/c1-7-4-8(2)11(9(3)5-7)18-10(23)6-25-16-19-12-13(21-16)20-15(17)22-14(12)24/h4-5H,6H2,1-3H3,(H,18,23)(H4,17,19,20,21,22,24). The zero-order valence-electron chi connectivity index (χ0n) is 14.1. The third-order valence-electron chi connectivity index (χ3n) is 3.64. The van der Waals surface area contributed by atoms with Crippen molar-refractivity contribution in [2.24, 2.45) is 0 Å². The number of aromatic nitrogens is 4. The number of benzene rings is 1. The second-order valence-electron chi connectivity index (χ2n) is 5.80. The number of rotatable bonds is 4. The number of nitrogens with two attached hydrogens (primary N) is 1. The SMILES string of the molecule is Cc1cc(C)c(NC(=O)CSc2nc3nc(N)[nH]c(=O)c3[nH]2)c(C)c1. The molecule has 9 heteroatoms. The second-order valence-corrected chi connectivity index (χ2v) is 6.77. The molecule has 25 heavy (non-hydrogen) atoms. The van der Waals surface area contributed by atoms with E-state index in [0.717, 1.165) is 22.4 Å². The fourth-order valence-corrected chi connectivity index (χ4v) is 3.32. The molecule has 3 aromatic rings. The van der Waals surface area contributed by atoms with Gasteiger partial charge in [-0.2, -0.15) is 4.98 Å². The normalized spacial score (nSPS) is 11.0. The van der Waals surface area contributed by atoms with Crippen molar-refractivity contribution in [3.8, 4) is 0 Å². The molecule has 0 aliphatic rings. The number of imidazole rings is 1. The number of hydrogen-bond donors (Lipinski definition) is 4. The van der Waals surface area contributed by atoms with Gasteiger partial charge >= 0.3 is 0 Å². The largest absolute Gasteiger partial charge is 0.369 e. The van der Waals surface area contributed by atoms with Crippen LogP contribution in [0.1, 0.15) is 16.7 Å². The number of hydrogen-bond acceptors (Lipinski definition) is 6. The number of nitrogen functional groups attached to an aromatic ring is 1. The molecule has 130 valence electrons. The van der Waals surface area contributed by atoms with Crippen LogP contribution in [-0.2, 0) is 4.79 Å².